The second-order valence-electron chi connectivity index (χ2n) is 4.84. The van der Waals surface area contributed by atoms with Gasteiger partial charge in [0, 0.05) is 23.9 Å². The Morgan fingerprint density at radius 1 is 1.40 bits per heavy atom. The molecule has 1 amide bonds. The zero-order valence-corrected chi connectivity index (χ0v) is 13.5. The number of hydrogen-bond acceptors (Lipinski definition) is 3. The van der Waals surface area contributed by atoms with E-state index in [9.17, 15) is 4.79 Å². The van der Waals surface area contributed by atoms with E-state index in [0.29, 0.717) is 6.04 Å². The highest BCUT2D eigenvalue weighted by Gasteiger charge is 2.15. The first kappa shape index (κ1) is 17.3. The highest BCUT2D eigenvalue weighted by atomic mass is 35.5. The molecule has 0 spiro atoms. The number of benzene rings is 1. The number of rotatable bonds is 6. The first-order valence-electron chi connectivity index (χ1n) is 6.98. The van der Waals surface area contributed by atoms with Crippen LogP contribution in [0.2, 0.25) is 0 Å². The van der Waals surface area contributed by atoms with Gasteiger partial charge in [-0.15, -0.1) is 12.4 Å². The monoisotopic (exact) mass is 314 g/mol. The Hall–Kier alpha value is -0.710. The SMILES string of the molecule is CCSCc1ccc(C(=O)NCC2CCCN2)cc1.Cl. The minimum Gasteiger partial charge on any atom is -0.350 e. The molecule has 2 rings (SSSR count). The van der Waals surface area contributed by atoms with E-state index in [1.807, 2.05) is 36.0 Å². The molecule has 3 nitrogen and oxygen atoms in total. The van der Waals surface area contributed by atoms with Crippen LogP contribution >= 0.6 is 24.2 Å². The quantitative estimate of drug-likeness (QED) is 0.848. The van der Waals surface area contributed by atoms with Gasteiger partial charge in [0.25, 0.3) is 5.91 Å². The largest absolute Gasteiger partial charge is 0.350 e. The lowest BCUT2D eigenvalue weighted by Gasteiger charge is -2.11. The third-order valence-corrected chi connectivity index (χ3v) is 4.31. The van der Waals surface area contributed by atoms with E-state index in [0.717, 1.165) is 36.6 Å². The van der Waals surface area contributed by atoms with Crippen molar-refractivity contribution >= 4 is 30.1 Å². The number of carbonyl (C=O) groups is 1. The molecule has 1 unspecified atom stereocenters. The predicted octanol–water partition coefficient (Wildman–Crippen LogP) is 2.84. The molecule has 1 atom stereocenters. The van der Waals surface area contributed by atoms with Crippen molar-refractivity contribution in [3.8, 4) is 0 Å². The van der Waals surface area contributed by atoms with Crippen LogP contribution in [-0.4, -0.2) is 30.8 Å². The summed E-state index contributed by atoms with van der Waals surface area (Å²) in [6.45, 7) is 3.96. The molecule has 20 heavy (non-hydrogen) atoms. The molecule has 0 saturated carbocycles. The second kappa shape index (κ2) is 9.27. The number of nitrogens with one attached hydrogen (secondary N) is 2. The zero-order chi connectivity index (χ0) is 13.5. The van der Waals surface area contributed by atoms with E-state index in [-0.39, 0.29) is 18.3 Å². The van der Waals surface area contributed by atoms with Gasteiger partial charge in [-0.1, -0.05) is 19.1 Å². The fourth-order valence-electron chi connectivity index (χ4n) is 2.22. The average Bonchev–Trinajstić information content (AvgIpc) is 2.96. The lowest BCUT2D eigenvalue weighted by molar-refractivity contribution is 0.0950. The molecular formula is C15H23ClN2OS. The Balaban J connectivity index is 0.00000200. The summed E-state index contributed by atoms with van der Waals surface area (Å²) in [7, 11) is 0. The maximum absolute atomic E-state index is 12.0. The number of halogens is 1. The van der Waals surface area contributed by atoms with Crippen molar-refractivity contribution in [2.75, 3.05) is 18.8 Å². The molecule has 1 saturated heterocycles. The van der Waals surface area contributed by atoms with Crippen LogP contribution in [0.25, 0.3) is 0 Å². The van der Waals surface area contributed by atoms with Crippen LogP contribution in [0, 0.1) is 0 Å². The topological polar surface area (TPSA) is 41.1 Å². The Labute approximate surface area is 131 Å². The normalized spacial score (nSPS) is 17.6. The van der Waals surface area contributed by atoms with Crippen molar-refractivity contribution in [1.82, 2.24) is 10.6 Å². The van der Waals surface area contributed by atoms with Crippen molar-refractivity contribution in [2.24, 2.45) is 0 Å². The molecular weight excluding hydrogens is 292 g/mol. The molecule has 112 valence electrons. The first-order chi connectivity index (χ1) is 9.29. The summed E-state index contributed by atoms with van der Waals surface area (Å²) in [5, 5.41) is 6.38. The standard InChI is InChI=1S/C15H22N2OS.ClH/c1-2-19-11-12-5-7-13(8-6-12)15(18)17-10-14-4-3-9-16-14;/h5-8,14,16H,2-4,9-11H2,1H3,(H,17,18);1H. The van der Waals surface area contributed by atoms with Crippen molar-refractivity contribution in [2.45, 2.75) is 31.6 Å². The van der Waals surface area contributed by atoms with E-state index >= 15 is 0 Å². The molecule has 1 aromatic carbocycles. The zero-order valence-electron chi connectivity index (χ0n) is 11.9. The Morgan fingerprint density at radius 3 is 2.75 bits per heavy atom. The lowest BCUT2D eigenvalue weighted by Crippen LogP contribution is -2.37. The molecule has 1 aliphatic heterocycles. The van der Waals surface area contributed by atoms with Crippen molar-refractivity contribution < 1.29 is 4.79 Å². The fourth-order valence-corrected chi connectivity index (χ4v) is 2.85. The molecule has 0 aliphatic carbocycles. The molecule has 0 aromatic heterocycles. The summed E-state index contributed by atoms with van der Waals surface area (Å²) in [4.78, 5) is 12.0. The van der Waals surface area contributed by atoms with Crippen molar-refractivity contribution in [3.05, 3.63) is 35.4 Å². The molecule has 1 fully saturated rings. The smallest absolute Gasteiger partial charge is 0.251 e. The highest BCUT2D eigenvalue weighted by Crippen LogP contribution is 2.12. The molecule has 0 bridgehead atoms. The Bertz CT molecular complexity index is 405. The highest BCUT2D eigenvalue weighted by molar-refractivity contribution is 7.98. The van der Waals surface area contributed by atoms with Gasteiger partial charge >= 0.3 is 0 Å². The first-order valence-corrected chi connectivity index (χ1v) is 8.13. The number of carbonyl (C=O) groups excluding carboxylic acids is 1. The van der Waals surface area contributed by atoms with Gasteiger partial charge in [0.1, 0.15) is 0 Å². The average molecular weight is 315 g/mol. The molecule has 1 heterocycles. The maximum atomic E-state index is 12.0. The Kier molecular flexibility index (Phi) is 8.04. The molecule has 5 heteroatoms. The lowest BCUT2D eigenvalue weighted by atomic mass is 10.1. The maximum Gasteiger partial charge on any atom is 0.251 e. The summed E-state index contributed by atoms with van der Waals surface area (Å²) in [5.74, 6) is 2.17. The van der Waals surface area contributed by atoms with E-state index in [2.05, 4.69) is 17.6 Å². The minimum absolute atomic E-state index is 0. The van der Waals surface area contributed by atoms with E-state index in [1.54, 1.807) is 0 Å². The van der Waals surface area contributed by atoms with Gasteiger partial charge in [-0.3, -0.25) is 4.79 Å². The fraction of sp³-hybridized carbons (Fsp3) is 0.533. The summed E-state index contributed by atoms with van der Waals surface area (Å²) >= 11 is 1.89. The number of amides is 1. The molecule has 1 aromatic rings. The number of thioether (sulfide) groups is 1. The summed E-state index contributed by atoms with van der Waals surface area (Å²) < 4.78 is 0. The minimum atomic E-state index is 0. The molecule has 0 radical (unpaired) electrons. The third kappa shape index (κ3) is 5.35. The van der Waals surface area contributed by atoms with E-state index in [1.165, 1.54) is 12.0 Å². The van der Waals surface area contributed by atoms with Gasteiger partial charge in [-0.2, -0.15) is 11.8 Å². The second-order valence-corrected chi connectivity index (χ2v) is 6.11. The molecule has 1 aliphatic rings. The predicted molar refractivity (Wildman–Crippen MR) is 88.9 cm³/mol. The van der Waals surface area contributed by atoms with Gasteiger partial charge in [0.2, 0.25) is 0 Å². The van der Waals surface area contributed by atoms with Crippen LogP contribution in [0.4, 0.5) is 0 Å². The van der Waals surface area contributed by atoms with Crippen molar-refractivity contribution in [3.63, 3.8) is 0 Å². The van der Waals surface area contributed by atoms with Gasteiger partial charge in [-0.25, -0.2) is 0 Å². The number of hydrogen-bond donors (Lipinski definition) is 2. The van der Waals surface area contributed by atoms with Crippen LogP contribution in [-0.2, 0) is 5.75 Å². The Morgan fingerprint density at radius 2 is 2.15 bits per heavy atom. The van der Waals surface area contributed by atoms with E-state index in [4.69, 9.17) is 0 Å². The molecule has 2 N–H and O–H groups in total. The third-order valence-electron chi connectivity index (χ3n) is 3.36. The van der Waals surface area contributed by atoms with Gasteiger partial charge in [0.15, 0.2) is 0 Å². The van der Waals surface area contributed by atoms with Gasteiger partial charge in [-0.05, 0) is 42.8 Å². The van der Waals surface area contributed by atoms with Gasteiger partial charge in [0.05, 0.1) is 0 Å². The van der Waals surface area contributed by atoms with E-state index < -0.39 is 0 Å². The summed E-state index contributed by atoms with van der Waals surface area (Å²) in [6.07, 6.45) is 2.37. The van der Waals surface area contributed by atoms with Crippen LogP contribution in [0.1, 0.15) is 35.7 Å². The van der Waals surface area contributed by atoms with Crippen LogP contribution in [0.15, 0.2) is 24.3 Å². The summed E-state index contributed by atoms with van der Waals surface area (Å²) in [6, 6.07) is 8.38. The summed E-state index contributed by atoms with van der Waals surface area (Å²) in [5.41, 5.74) is 2.03. The van der Waals surface area contributed by atoms with Crippen LogP contribution in [0.3, 0.4) is 0 Å². The van der Waals surface area contributed by atoms with Crippen LogP contribution < -0.4 is 10.6 Å². The van der Waals surface area contributed by atoms with Crippen LogP contribution in [0.5, 0.6) is 0 Å². The van der Waals surface area contributed by atoms with Crippen molar-refractivity contribution in [1.29, 1.82) is 0 Å². The van der Waals surface area contributed by atoms with Gasteiger partial charge < -0.3 is 10.6 Å².